The number of hydrogen-bond donors (Lipinski definition) is 0. The Morgan fingerprint density at radius 1 is 1.36 bits per heavy atom. The van der Waals surface area contributed by atoms with E-state index in [1.165, 1.54) is 28.4 Å². The molecule has 0 aromatic carbocycles. The molecule has 0 aromatic heterocycles. The summed E-state index contributed by atoms with van der Waals surface area (Å²) in [5, 5.41) is 0. The van der Waals surface area contributed by atoms with Gasteiger partial charge in [0.15, 0.2) is 0 Å². The molecule has 0 unspecified atom stereocenters. The molecule has 1 nitrogen and oxygen atoms in total. The quantitative estimate of drug-likeness (QED) is 0.552. The van der Waals surface area contributed by atoms with E-state index < -0.39 is 0 Å². The number of hydrogen-bond acceptors (Lipinski definition) is 1. The van der Waals surface area contributed by atoms with Gasteiger partial charge in [-0.15, -0.1) is 0 Å². The van der Waals surface area contributed by atoms with Crippen LogP contribution in [0.25, 0.3) is 0 Å². The van der Waals surface area contributed by atoms with E-state index in [1.54, 1.807) is 7.11 Å². The van der Waals surface area contributed by atoms with Crippen LogP contribution in [0.4, 0.5) is 0 Å². The third-order valence-electron chi connectivity index (χ3n) is 1.89. The maximum absolute atomic E-state index is 4.90. The van der Waals surface area contributed by atoms with Gasteiger partial charge < -0.3 is 4.74 Å². The molecule has 0 fully saturated rings. The Hall–Kier alpha value is -0.0100. The smallest absolute Gasteiger partial charge is 0.107 e. The van der Waals surface area contributed by atoms with E-state index in [4.69, 9.17) is 4.74 Å². The summed E-state index contributed by atoms with van der Waals surface area (Å²) < 4.78 is 6.31. The molecule has 0 saturated heterocycles. The van der Waals surface area contributed by atoms with Gasteiger partial charge in [-0.1, -0.05) is 32.1 Å². The minimum atomic E-state index is 0.529. The zero-order chi connectivity index (χ0) is 10.8. The first-order valence-corrected chi connectivity index (χ1v) is 6.19. The Bertz CT molecular complexity index is 232. The molecule has 0 atom stereocenters. The minimum absolute atomic E-state index is 0.529. The standard InChI is InChI=1S/C12H19IO/c1-4-6-9-12(13)11(5-2)8-7-10-14-3/h4-6,9-10H2,1-3H3/b12-11-. The van der Waals surface area contributed by atoms with E-state index in [1.807, 2.05) is 0 Å². The summed E-state index contributed by atoms with van der Waals surface area (Å²) in [5.41, 5.74) is 1.27. The van der Waals surface area contributed by atoms with Crippen LogP contribution in [0.2, 0.25) is 0 Å². The second kappa shape index (κ2) is 9.54. The van der Waals surface area contributed by atoms with Gasteiger partial charge in [-0.05, 0) is 41.9 Å². The van der Waals surface area contributed by atoms with Crippen molar-refractivity contribution in [2.24, 2.45) is 0 Å². The highest BCUT2D eigenvalue weighted by Crippen LogP contribution is 2.21. The van der Waals surface area contributed by atoms with Crippen LogP contribution >= 0.6 is 22.6 Å². The maximum atomic E-state index is 4.90. The third-order valence-corrected chi connectivity index (χ3v) is 3.08. The predicted molar refractivity (Wildman–Crippen MR) is 70.5 cm³/mol. The average molecular weight is 306 g/mol. The van der Waals surface area contributed by atoms with E-state index in [2.05, 4.69) is 48.3 Å². The molecule has 0 N–H and O–H groups in total. The van der Waals surface area contributed by atoms with Crippen molar-refractivity contribution in [1.29, 1.82) is 0 Å². The summed E-state index contributed by atoms with van der Waals surface area (Å²) in [6, 6.07) is 0. The van der Waals surface area contributed by atoms with Gasteiger partial charge in [-0.2, -0.15) is 0 Å². The Morgan fingerprint density at radius 2 is 2.07 bits per heavy atom. The largest absolute Gasteiger partial charge is 0.372 e. The molecule has 0 amide bonds. The van der Waals surface area contributed by atoms with Crippen LogP contribution in [-0.2, 0) is 4.74 Å². The zero-order valence-corrected chi connectivity index (χ0v) is 11.5. The third kappa shape index (κ3) is 6.44. The Kier molecular flexibility index (Phi) is 9.53. The number of rotatable bonds is 5. The summed E-state index contributed by atoms with van der Waals surface area (Å²) in [4.78, 5) is 0. The van der Waals surface area contributed by atoms with Gasteiger partial charge in [-0.25, -0.2) is 0 Å². The van der Waals surface area contributed by atoms with Gasteiger partial charge in [0.05, 0.1) is 0 Å². The molecule has 0 aliphatic heterocycles. The van der Waals surface area contributed by atoms with Crippen molar-refractivity contribution in [2.45, 2.75) is 39.5 Å². The fraction of sp³-hybridized carbons (Fsp3) is 0.667. The molecule has 80 valence electrons. The molecule has 0 saturated carbocycles. The first-order chi connectivity index (χ1) is 6.76. The van der Waals surface area contributed by atoms with Crippen LogP contribution in [0, 0.1) is 11.8 Å². The lowest BCUT2D eigenvalue weighted by atomic mass is 10.1. The number of ether oxygens (including phenoxy) is 1. The average Bonchev–Trinajstić information content (AvgIpc) is 2.21. The van der Waals surface area contributed by atoms with Crippen LogP contribution in [0.3, 0.4) is 0 Å². The van der Waals surface area contributed by atoms with Crippen LogP contribution in [0.15, 0.2) is 9.15 Å². The van der Waals surface area contributed by atoms with Crippen molar-refractivity contribution in [3.63, 3.8) is 0 Å². The van der Waals surface area contributed by atoms with Gasteiger partial charge in [0, 0.05) is 16.3 Å². The molecule has 14 heavy (non-hydrogen) atoms. The first-order valence-electron chi connectivity index (χ1n) is 5.11. The van der Waals surface area contributed by atoms with E-state index in [0.29, 0.717) is 6.61 Å². The molecule has 0 aliphatic carbocycles. The Morgan fingerprint density at radius 3 is 2.57 bits per heavy atom. The molecule has 0 bridgehead atoms. The summed E-state index contributed by atoms with van der Waals surface area (Å²) in [6.07, 6.45) is 4.70. The Labute approximate surface area is 101 Å². The van der Waals surface area contributed by atoms with Crippen molar-refractivity contribution >= 4 is 22.6 Å². The van der Waals surface area contributed by atoms with Crippen molar-refractivity contribution < 1.29 is 4.74 Å². The van der Waals surface area contributed by atoms with Crippen LogP contribution in [0.1, 0.15) is 39.5 Å². The summed E-state index contributed by atoms with van der Waals surface area (Å²) in [5.74, 6) is 6.18. The second-order valence-electron chi connectivity index (χ2n) is 3.08. The summed E-state index contributed by atoms with van der Waals surface area (Å²) in [7, 11) is 1.67. The maximum Gasteiger partial charge on any atom is 0.107 e. The lowest BCUT2D eigenvalue weighted by Crippen LogP contribution is -1.86. The summed E-state index contributed by atoms with van der Waals surface area (Å²) >= 11 is 2.42. The number of methoxy groups -OCH3 is 1. The highest BCUT2D eigenvalue weighted by molar-refractivity contribution is 14.1. The van der Waals surface area contributed by atoms with E-state index in [-0.39, 0.29) is 0 Å². The lowest BCUT2D eigenvalue weighted by Gasteiger charge is -2.01. The van der Waals surface area contributed by atoms with Crippen molar-refractivity contribution in [3.05, 3.63) is 9.15 Å². The van der Waals surface area contributed by atoms with Crippen molar-refractivity contribution in [2.75, 3.05) is 13.7 Å². The first kappa shape index (κ1) is 14.0. The normalized spacial score (nSPS) is 11.7. The Balaban J connectivity index is 4.28. The molecule has 0 aromatic rings. The van der Waals surface area contributed by atoms with Gasteiger partial charge in [0.2, 0.25) is 0 Å². The molecule has 0 heterocycles. The number of allylic oxidation sites excluding steroid dienone is 2. The van der Waals surface area contributed by atoms with Gasteiger partial charge in [0.1, 0.15) is 6.61 Å². The fourth-order valence-electron chi connectivity index (χ4n) is 1.05. The van der Waals surface area contributed by atoms with E-state index in [9.17, 15) is 0 Å². The van der Waals surface area contributed by atoms with Crippen LogP contribution in [-0.4, -0.2) is 13.7 Å². The SMILES string of the molecule is CCCC/C(I)=C(/C#CCOC)CC. The highest BCUT2D eigenvalue weighted by atomic mass is 127. The number of unbranched alkanes of at least 4 members (excludes halogenated alkanes) is 1. The molecule has 0 aliphatic rings. The molecular formula is C12H19IO. The van der Waals surface area contributed by atoms with Gasteiger partial charge in [0.25, 0.3) is 0 Å². The van der Waals surface area contributed by atoms with Crippen molar-refractivity contribution in [3.8, 4) is 11.8 Å². The topological polar surface area (TPSA) is 9.23 Å². The molecule has 2 heteroatoms. The lowest BCUT2D eigenvalue weighted by molar-refractivity contribution is 0.240. The van der Waals surface area contributed by atoms with Crippen LogP contribution < -0.4 is 0 Å². The predicted octanol–water partition coefficient (Wildman–Crippen LogP) is 3.93. The van der Waals surface area contributed by atoms with Crippen LogP contribution in [0.5, 0.6) is 0 Å². The fourth-order valence-corrected chi connectivity index (χ4v) is 1.94. The molecule has 0 rings (SSSR count). The second-order valence-corrected chi connectivity index (χ2v) is 4.38. The number of halogens is 1. The van der Waals surface area contributed by atoms with E-state index >= 15 is 0 Å². The van der Waals surface area contributed by atoms with Crippen molar-refractivity contribution in [1.82, 2.24) is 0 Å². The van der Waals surface area contributed by atoms with Gasteiger partial charge in [-0.3, -0.25) is 0 Å². The van der Waals surface area contributed by atoms with E-state index in [0.717, 1.165) is 6.42 Å². The zero-order valence-electron chi connectivity index (χ0n) is 9.32. The van der Waals surface area contributed by atoms with Gasteiger partial charge >= 0.3 is 0 Å². The molecular weight excluding hydrogens is 287 g/mol. The minimum Gasteiger partial charge on any atom is -0.372 e. The highest BCUT2D eigenvalue weighted by Gasteiger charge is 1.98. The molecule has 0 radical (unpaired) electrons. The monoisotopic (exact) mass is 306 g/mol. The summed E-state index contributed by atoms with van der Waals surface area (Å²) in [6.45, 7) is 4.90. The molecule has 0 spiro atoms.